The monoisotopic (exact) mass is 481 g/mol. The van der Waals surface area contributed by atoms with Gasteiger partial charge in [-0.1, -0.05) is 11.6 Å². The fourth-order valence-corrected chi connectivity index (χ4v) is 5.70. The Hall–Kier alpha value is -1.97. The van der Waals surface area contributed by atoms with Crippen LogP contribution in [0.5, 0.6) is 0 Å². The average molecular weight is 482 g/mol. The van der Waals surface area contributed by atoms with Gasteiger partial charge in [0, 0.05) is 34.8 Å². The molecule has 0 aliphatic heterocycles. The molecule has 3 unspecified atom stereocenters. The van der Waals surface area contributed by atoms with Gasteiger partial charge in [0.25, 0.3) is 0 Å². The van der Waals surface area contributed by atoms with Crippen LogP contribution in [0.15, 0.2) is 24.5 Å². The third-order valence-electron chi connectivity index (χ3n) is 6.22. The Kier molecular flexibility index (Phi) is 7.95. The van der Waals surface area contributed by atoms with Crippen LogP contribution in [0.3, 0.4) is 0 Å². The van der Waals surface area contributed by atoms with Crippen LogP contribution in [-0.2, 0) is 14.6 Å². The topological polar surface area (TPSA) is 104 Å². The smallest absolute Gasteiger partial charge is 0.239 e. The first-order valence-electron chi connectivity index (χ1n) is 10.9. The molecule has 1 saturated carbocycles. The molecule has 0 bridgehead atoms. The van der Waals surface area contributed by atoms with Crippen LogP contribution in [0, 0.1) is 5.92 Å². The fraction of sp³-hybridized carbons (Fsp3) is 0.591. The summed E-state index contributed by atoms with van der Waals surface area (Å²) >= 11 is 6.09. The first kappa shape index (κ1) is 24.7. The number of sulfone groups is 1. The van der Waals surface area contributed by atoms with E-state index in [1.54, 1.807) is 18.2 Å². The second-order valence-electron chi connectivity index (χ2n) is 8.99. The summed E-state index contributed by atoms with van der Waals surface area (Å²) in [7, 11) is -1.08. The normalized spacial score (nSPS) is 21.8. The van der Waals surface area contributed by atoms with E-state index in [1.165, 1.54) is 12.6 Å². The van der Waals surface area contributed by atoms with Crippen LogP contribution in [-0.4, -0.2) is 72.9 Å². The number of nitrogens with one attached hydrogen (secondary N) is 2. The van der Waals surface area contributed by atoms with Crippen molar-refractivity contribution in [1.82, 2.24) is 20.2 Å². The van der Waals surface area contributed by atoms with Crippen molar-refractivity contribution in [2.75, 3.05) is 30.9 Å². The number of rotatable bonds is 8. The van der Waals surface area contributed by atoms with Gasteiger partial charge in [-0.25, -0.2) is 18.4 Å². The van der Waals surface area contributed by atoms with Crippen LogP contribution in [0.25, 0.3) is 10.9 Å². The predicted molar refractivity (Wildman–Crippen MR) is 129 cm³/mol. The molecule has 0 spiro atoms. The number of hydrogen-bond acceptors (Lipinski definition) is 7. The highest BCUT2D eigenvalue weighted by Crippen LogP contribution is 2.30. The van der Waals surface area contributed by atoms with Crippen molar-refractivity contribution < 1.29 is 13.2 Å². The number of benzene rings is 1. The lowest BCUT2D eigenvalue weighted by atomic mass is 9.81. The molecule has 32 heavy (non-hydrogen) atoms. The van der Waals surface area contributed by atoms with Gasteiger partial charge >= 0.3 is 0 Å². The van der Waals surface area contributed by atoms with E-state index >= 15 is 0 Å². The quantitative estimate of drug-likeness (QED) is 0.597. The Bertz CT molecular complexity index is 1060. The molecule has 176 valence electrons. The number of nitrogens with zero attached hydrogens (tertiary/aromatic N) is 3. The van der Waals surface area contributed by atoms with Gasteiger partial charge in [0.05, 0.1) is 17.8 Å². The Labute approximate surface area is 195 Å². The molecule has 1 fully saturated rings. The van der Waals surface area contributed by atoms with Crippen LogP contribution < -0.4 is 10.6 Å². The maximum Gasteiger partial charge on any atom is 0.239 e. The van der Waals surface area contributed by atoms with Gasteiger partial charge in [-0.05, 0) is 64.3 Å². The molecule has 0 radical (unpaired) electrons. The highest BCUT2D eigenvalue weighted by atomic mass is 35.5. The Morgan fingerprint density at radius 1 is 1.28 bits per heavy atom. The van der Waals surface area contributed by atoms with E-state index in [0.717, 1.165) is 30.2 Å². The predicted octanol–water partition coefficient (Wildman–Crippen LogP) is 2.73. The number of carbonyl (C=O) groups excluding carboxylic acids is 1. The first-order valence-corrected chi connectivity index (χ1v) is 13.3. The lowest BCUT2D eigenvalue weighted by molar-refractivity contribution is -0.120. The molecule has 3 rings (SSSR count). The Morgan fingerprint density at radius 2 is 2.03 bits per heavy atom. The van der Waals surface area contributed by atoms with E-state index in [0.29, 0.717) is 22.9 Å². The third kappa shape index (κ3) is 6.52. The summed E-state index contributed by atoms with van der Waals surface area (Å²) in [5, 5.41) is 7.41. The molecule has 1 heterocycles. The van der Waals surface area contributed by atoms with Gasteiger partial charge in [0.2, 0.25) is 5.91 Å². The average Bonchev–Trinajstić information content (AvgIpc) is 2.71. The molecule has 3 atom stereocenters. The molecule has 10 heteroatoms. The van der Waals surface area contributed by atoms with Crippen LogP contribution in [0.4, 0.5) is 5.82 Å². The van der Waals surface area contributed by atoms with Crippen molar-refractivity contribution in [3.63, 3.8) is 0 Å². The summed E-state index contributed by atoms with van der Waals surface area (Å²) in [4.78, 5) is 23.5. The number of hydrogen-bond donors (Lipinski definition) is 2. The highest BCUT2D eigenvalue weighted by molar-refractivity contribution is 7.90. The largest absolute Gasteiger partial charge is 0.360 e. The SMILES string of the molecule is CC(C)N(C)C1CCC(NC(=O)CNc2ncnc3ccc(Cl)cc23)C(CS(C)(=O)=O)C1. The number of amides is 1. The van der Waals surface area contributed by atoms with Crippen LogP contribution in [0.2, 0.25) is 5.02 Å². The lowest BCUT2D eigenvalue weighted by Gasteiger charge is -2.41. The van der Waals surface area contributed by atoms with Crippen molar-refractivity contribution in [3.8, 4) is 0 Å². The molecular weight excluding hydrogens is 450 g/mol. The van der Waals surface area contributed by atoms with E-state index in [1.807, 2.05) is 0 Å². The number of carbonyl (C=O) groups is 1. The second kappa shape index (κ2) is 10.3. The van der Waals surface area contributed by atoms with Gasteiger partial charge in [-0.3, -0.25) is 4.79 Å². The Morgan fingerprint density at radius 3 is 2.72 bits per heavy atom. The van der Waals surface area contributed by atoms with Gasteiger partial charge in [-0.15, -0.1) is 0 Å². The maximum absolute atomic E-state index is 12.7. The van der Waals surface area contributed by atoms with Crippen molar-refractivity contribution in [1.29, 1.82) is 0 Å². The highest BCUT2D eigenvalue weighted by Gasteiger charge is 2.35. The molecule has 1 aromatic heterocycles. The fourth-order valence-electron chi connectivity index (χ4n) is 4.39. The minimum Gasteiger partial charge on any atom is -0.360 e. The molecule has 1 aliphatic carbocycles. The summed E-state index contributed by atoms with van der Waals surface area (Å²) < 4.78 is 24.1. The summed E-state index contributed by atoms with van der Waals surface area (Å²) in [5.41, 5.74) is 0.730. The molecule has 2 aromatic rings. The van der Waals surface area contributed by atoms with Gasteiger partial charge in [0.15, 0.2) is 0 Å². The van der Waals surface area contributed by atoms with E-state index < -0.39 is 9.84 Å². The zero-order valence-electron chi connectivity index (χ0n) is 19.0. The number of anilines is 1. The molecule has 8 nitrogen and oxygen atoms in total. The van der Waals surface area contributed by atoms with E-state index in [4.69, 9.17) is 11.6 Å². The van der Waals surface area contributed by atoms with Crippen LogP contribution >= 0.6 is 11.6 Å². The third-order valence-corrected chi connectivity index (χ3v) is 7.49. The summed E-state index contributed by atoms with van der Waals surface area (Å²) in [6.07, 6.45) is 5.11. The van der Waals surface area contributed by atoms with Gasteiger partial charge in [-0.2, -0.15) is 0 Å². The van der Waals surface area contributed by atoms with Crippen LogP contribution in [0.1, 0.15) is 33.1 Å². The summed E-state index contributed by atoms with van der Waals surface area (Å²) in [6.45, 7) is 4.29. The molecule has 1 amide bonds. The van der Waals surface area contributed by atoms with Gasteiger partial charge < -0.3 is 15.5 Å². The van der Waals surface area contributed by atoms with Crippen molar-refractivity contribution in [2.45, 2.75) is 51.2 Å². The van der Waals surface area contributed by atoms with Crippen molar-refractivity contribution >= 4 is 44.1 Å². The zero-order chi connectivity index (χ0) is 23.5. The molecule has 1 aliphatic rings. The number of aromatic nitrogens is 2. The minimum atomic E-state index is -3.16. The van der Waals surface area contributed by atoms with Crippen molar-refractivity contribution in [2.24, 2.45) is 5.92 Å². The first-order chi connectivity index (χ1) is 15.0. The van der Waals surface area contributed by atoms with E-state index in [2.05, 4.69) is 46.4 Å². The standard InChI is InChI=1S/C22H32ClN5O3S/c1-14(2)28(3)17-6-8-19(15(9-17)12-32(4,30)31)27-21(29)11-24-22-18-10-16(23)5-7-20(18)25-13-26-22/h5,7,10,13-15,17,19H,6,8-9,11-12H2,1-4H3,(H,27,29)(H,24,25,26). The summed E-state index contributed by atoms with van der Waals surface area (Å²) in [6, 6.07) is 5.82. The zero-order valence-corrected chi connectivity index (χ0v) is 20.6. The molecule has 1 aromatic carbocycles. The molecule has 2 N–H and O–H groups in total. The second-order valence-corrected chi connectivity index (χ2v) is 11.6. The van der Waals surface area contributed by atoms with E-state index in [-0.39, 0.29) is 30.2 Å². The minimum absolute atomic E-state index is 0.0239. The molecule has 0 saturated heterocycles. The van der Waals surface area contributed by atoms with E-state index in [9.17, 15) is 13.2 Å². The summed E-state index contributed by atoms with van der Waals surface area (Å²) in [5.74, 6) is 0.288. The molecular formula is C22H32ClN5O3S. The number of halogens is 1. The number of fused-ring (bicyclic) bond motifs is 1. The Balaban J connectivity index is 1.66. The van der Waals surface area contributed by atoms with Crippen molar-refractivity contribution in [3.05, 3.63) is 29.5 Å². The maximum atomic E-state index is 12.7. The lowest BCUT2D eigenvalue weighted by Crippen LogP contribution is -2.51. The van der Waals surface area contributed by atoms with Gasteiger partial charge in [0.1, 0.15) is 22.0 Å².